The predicted octanol–water partition coefficient (Wildman–Crippen LogP) is 5.27. The summed E-state index contributed by atoms with van der Waals surface area (Å²) in [6.45, 7) is 5.91. The van der Waals surface area contributed by atoms with Crippen LogP contribution in [0.15, 0.2) is 42.5 Å². The monoisotopic (exact) mass is 401 g/mol. The maximum Gasteiger partial charge on any atom is 0.267 e. The average Bonchev–Trinajstić information content (AvgIpc) is 3.07. The molecule has 0 saturated carbocycles. The highest BCUT2D eigenvalue weighted by molar-refractivity contribution is 7.18. The van der Waals surface area contributed by atoms with E-state index >= 15 is 0 Å². The summed E-state index contributed by atoms with van der Waals surface area (Å²) < 4.78 is 5.89. The molecule has 1 atom stereocenters. The zero-order chi connectivity index (χ0) is 19.4. The molecule has 1 aromatic heterocycles. The Balaban J connectivity index is 1.69. The third-order valence-corrected chi connectivity index (χ3v) is 5.02. The molecule has 0 bridgehead atoms. The van der Waals surface area contributed by atoms with Crippen LogP contribution in [-0.2, 0) is 4.79 Å². The molecule has 2 aromatic carbocycles. The number of aryl methyl sites for hydroxylation is 2. The number of hydrogen-bond donors (Lipinski definition) is 1. The molecule has 1 amide bonds. The van der Waals surface area contributed by atoms with Crippen LogP contribution in [0, 0.1) is 13.8 Å². The van der Waals surface area contributed by atoms with Crippen molar-refractivity contribution in [3.63, 3.8) is 0 Å². The Morgan fingerprint density at radius 3 is 2.44 bits per heavy atom. The molecule has 0 spiro atoms. The minimum Gasteiger partial charge on any atom is -0.481 e. The van der Waals surface area contributed by atoms with Crippen LogP contribution in [-0.4, -0.2) is 22.2 Å². The van der Waals surface area contributed by atoms with E-state index in [2.05, 4.69) is 21.6 Å². The molecular formula is C20H20ClN3O2S. The number of ether oxygens (including phenoxy) is 1. The van der Waals surface area contributed by atoms with Crippen LogP contribution in [0.3, 0.4) is 0 Å². The first kappa shape index (κ1) is 19.3. The van der Waals surface area contributed by atoms with E-state index in [1.54, 1.807) is 12.1 Å². The van der Waals surface area contributed by atoms with Gasteiger partial charge in [-0.1, -0.05) is 48.1 Å². The summed E-state index contributed by atoms with van der Waals surface area (Å²) >= 11 is 7.21. The standard InChI is InChI=1S/C20H20ClN3O2S/c1-4-17(26-16-10-12(2)9-13(3)11-16)18(25)22-20-24-23-19(27-20)14-5-7-15(21)8-6-14/h5-11,17H,4H2,1-3H3,(H,22,24,25)/t17-/m1/s1. The van der Waals surface area contributed by atoms with E-state index in [9.17, 15) is 4.79 Å². The maximum atomic E-state index is 12.6. The molecule has 0 fully saturated rings. The van der Waals surface area contributed by atoms with Crippen molar-refractivity contribution >= 4 is 34.0 Å². The Kier molecular flexibility index (Phi) is 6.08. The summed E-state index contributed by atoms with van der Waals surface area (Å²) in [6, 6.07) is 13.2. The number of benzene rings is 2. The zero-order valence-electron chi connectivity index (χ0n) is 15.3. The normalized spacial score (nSPS) is 11.9. The predicted molar refractivity (Wildman–Crippen MR) is 110 cm³/mol. The molecular weight excluding hydrogens is 382 g/mol. The smallest absolute Gasteiger partial charge is 0.267 e. The Bertz CT molecular complexity index is 920. The second-order valence-electron chi connectivity index (χ2n) is 6.25. The number of carbonyl (C=O) groups is 1. The lowest BCUT2D eigenvalue weighted by Crippen LogP contribution is -2.32. The van der Waals surface area contributed by atoms with E-state index in [-0.39, 0.29) is 5.91 Å². The summed E-state index contributed by atoms with van der Waals surface area (Å²) in [5, 5.41) is 12.8. The summed E-state index contributed by atoms with van der Waals surface area (Å²) in [7, 11) is 0. The fourth-order valence-electron chi connectivity index (χ4n) is 2.66. The second kappa shape index (κ2) is 8.50. The Hall–Kier alpha value is -2.44. The highest BCUT2D eigenvalue weighted by atomic mass is 35.5. The van der Waals surface area contributed by atoms with Crippen molar-refractivity contribution in [1.82, 2.24) is 10.2 Å². The highest BCUT2D eigenvalue weighted by Crippen LogP contribution is 2.27. The molecule has 3 rings (SSSR count). The first-order valence-electron chi connectivity index (χ1n) is 8.60. The van der Waals surface area contributed by atoms with Crippen molar-refractivity contribution in [2.75, 3.05) is 5.32 Å². The van der Waals surface area contributed by atoms with Crippen molar-refractivity contribution in [3.8, 4) is 16.3 Å². The number of carbonyl (C=O) groups excluding carboxylic acids is 1. The number of rotatable bonds is 6. The largest absolute Gasteiger partial charge is 0.481 e. The molecule has 1 heterocycles. The molecule has 1 N–H and O–H groups in total. The molecule has 0 aliphatic carbocycles. The summed E-state index contributed by atoms with van der Waals surface area (Å²) in [4.78, 5) is 12.6. The van der Waals surface area contributed by atoms with Gasteiger partial charge in [0.2, 0.25) is 5.13 Å². The van der Waals surface area contributed by atoms with Crippen LogP contribution < -0.4 is 10.1 Å². The van der Waals surface area contributed by atoms with E-state index in [1.165, 1.54) is 11.3 Å². The van der Waals surface area contributed by atoms with Crippen LogP contribution in [0.1, 0.15) is 24.5 Å². The lowest BCUT2D eigenvalue weighted by Gasteiger charge is -2.17. The van der Waals surface area contributed by atoms with Gasteiger partial charge in [0, 0.05) is 10.6 Å². The van der Waals surface area contributed by atoms with Crippen LogP contribution in [0.5, 0.6) is 5.75 Å². The van der Waals surface area contributed by atoms with Gasteiger partial charge in [-0.3, -0.25) is 10.1 Å². The molecule has 0 aliphatic rings. The van der Waals surface area contributed by atoms with Gasteiger partial charge in [-0.05, 0) is 55.7 Å². The van der Waals surface area contributed by atoms with E-state index in [0.717, 1.165) is 16.7 Å². The van der Waals surface area contributed by atoms with Crippen LogP contribution >= 0.6 is 22.9 Å². The number of halogens is 1. The molecule has 3 aromatic rings. The average molecular weight is 402 g/mol. The molecule has 140 valence electrons. The third-order valence-electron chi connectivity index (χ3n) is 3.88. The van der Waals surface area contributed by atoms with Gasteiger partial charge in [0.15, 0.2) is 6.10 Å². The zero-order valence-corrected chi connectivity index (χ0v) is 16.9. The molecule has 0 unspecified atom stereocenters. The Morgan fingerprint density at radius 1 is 1.15 bits per heavy atom. The molecule has 0 radical (unpaired) electrons. The summed E-state index contributed by atoms with van der Waals surface area (Å²) in [5.41, 5.74) is 3.09. The summed E-state index contributed by atoms with van der Waals surface area (Å²) in [6.07, 6.45) is -0.0594. The van der Waals surface area contributed by atoms with E-state index in [1.807, 2.05) is 45.0 Å². The van der Waals surface area contributed by atoms with Crippen molar-refractivity contribution in [3.05, 3.63) is 58.6 Å². The lowest BCUT2D eigenvalue weighted by atomic mass is 10.1. The van der Waals surface area contributed by atoms with Crippen molar-refractivity contribution in [1.29, 1.82) is 0 Å². The third kappa shape index (κ3) is 5.05. The fourth-order valence-corrected chi connectivity index (χ4v) is 3.53. The Labute approximate surface area is 167 Å². The van der Waals surface area contributed by atoms with Gasteiger partial charge in [0.25, 0.3) is 5.91 Å². The van der Waals surface area contributed by atoms with Crippen molar-refractivity contribution in [2.24, 2.45) is 0 Å². The molecule has 7 heteroatoms. The quantitative estimate of drug-likeness (QED) is 0.611. The number of hydrogen-bond acceptors (Lipinski definition) is 5. The minimum atomic E-state index is -0.603. The van der Waals surface area contributed by atoms with Gasteiger partial charge in [0.05, 0.1) is 0 Å². The first-order valence-corrected chi connectivity index (χ1v) is 9.79. The highest BCUT2D eigenvalue weighted by Gasteiger charge is 2.20. The number of amides is 1. The van der Waals surface area contributed by atoms with Gasteiger partial charge in [-0.2, -0.15) is 0 Å². The van der Waals surface area contributed by atoms with Crippen molar-refractivity contribution in [2.45, 2.75) is 33.3 Å². The van der Waals surface area contributed by atoms with Crippen molar-refractivity contribution < 1.29 is 9.53 Å². The molecule has 0 aliphatic heterocycles. The van der Waals surface area contributed by atoms with Gasteiger partial charge in [0.1, 0.15) is 10.8 Å². The van der Waals surface area contributed by atoms with Gasteiger partial charge < -0.3 is 4.74 Å². The van der Waals surface area contributed by atoms with Crippen LogP contribution in [0.25, 0.3) is 10.6 Å². The molecule has 0 saturated heterocycles. The van der Waals surface area contributed by atoms with Gasteiger partial charge >= 0.3 is 0 Å². The number of nitrogens with zero attached hydrogens (tertiary/aromatic N) is 2. The lowest BCUT2D eigenvalue weighted by molar-refractivity contribution is -0.122. The van der Waals surface area contributed by atoms with Crippen LogP contribution in [0.2, 0.25) is 5.02 Å². The Morgan fingerprint density at radius 2 is 1.81 bits per heavy atom. The molecule has 5 nitrogen and oxygen atoms in total. The minimum absolute atomic E-state index is 0.240. The van der Waals surface area contributed by atoms with Crippen LogP contribution in [0.4, 0.5) is 5.13 Å². The number of anilines is 1. The first-order chi connectivity index (χ1) is 12.9. The van der Waals surface area contributed by atoms with E-state index in [4.69, 9.17) is 16.3 Å². The van der Waals surface area contributed by atoms with Gasteiger partial charge in [-0.15, -0.1) is 10.2 Å². The summed E-state index contributed by atoms with van der Waals surface area (Å²) in [5.74, 6) is 0.448. The van der Waals surface area contributed by atoms with E-state index in [0.29, 0.717) is 27.3 Å². The topological polar surface area (TPSA) is 64.1 Å². The SMILES string of the molecule is CC[C@@H](Oc1cc(C)cc(C)c1)C(=O)Nc1nnc(-c2ccc(Cl)cc2)s1. The molecule has 27 heavy (non-hydrogen) atoms. The fraction of sp³-hybridized carbons (Fsp3) is 0.250. The van der Waals surface area contributed by atoms with Gasteiger partial charge in [-0.25, -0.2) is 0 Å². The maximum absolute atomic E-state index is 12.6. The number of nitrogens with one attached hydrogen (secondary N) is 1. The van der Waals surface area contributed by atoms with E-state index < -0.39 is 6.10 Å². The number of aromatic nitrogens is 2. The second-order valence-corrected chi connectivity index (χ2v) is 7.66.